The van der Waals surface area contributed by atoms with Crippen molar-refractivity contribution in [1.82, 2.24) is 9.73 Å². The average molecular weight is 484 g/mol. The maximum Gasteiger partial charge on any atom is 0.351 e. The van der Waals surface area contributed by atoms with Crippen LogP contribution in [0.1, 0.15) is 23.5 Å². The van der Waals surface area contributed by atoms with Crippen LogP contribution in [0, 0.1) is 0 Å². The third-order valence-electron chi connectivity index (χ3n) is 5.36. The third kappa shape index (κ3) is 5.18. The number of urea groups is 1. The Morgan fingerprint density at radius 1 is 1.03 bits per heavy atom. The monoisotopic (exact) mass is 483 g/mol. The number of methoxy groups -OCH3 is 1. The van der Waals surface area contributed by atoms with E-state index in [9.17, 15) is 13.2 Å². The molecule has 3 aromatic rings. The van der Waals surface area contributed by atoms with Crippen molar-refractivity contribution in [2.45, 2.75) is 17.2 Å². The van der Waals surface area contributed by atoms with Crippen LogP contribution in [0.2, 0.25) is 5.02 Å². The fourth-order valence-corrected chi connectivity index (χ4v) is 4.73. The van der Waals surface area contributed by atoms with Crippen LogP contribution in [-0.4, -0.2) is 38.8 Å². The molecule has 2 amide bonds. The topological polar surface area (TPSA) is 88.1 Å². The fraction of sp³-hybridized carbons (Fsp3) is 0.167. The quantitative estimate of drug-likeness (QED) is 0.572. The van der Waals surface area contributed by atoms with Crippen molar-refractivity contribution >= 4 is 33.4 Å². The lowest BCUT2D eigenvalue weighted by Gasteiger charge is -2.30. The highest BCUT2D eigenvalue weighted by molar-refractivity contribution is 7.90. The van der Waals surface area contributed by atoms with E-state index in [1.54, 1.807) is 12.1 Å². The molecular weight excluding hydrogens is 462 g/mol. The maximum atomic E-state index is 12.9. The van der Waals surface area contributed by atoms with Crippen molar-refractivity contribution in [3.63, 3.8) is 0 Å². The Morgan fingerprint density at radius 2 is 1.70 bits per heavy atom. The summed E-state index contributed by atoms with van der Waals surface area (Å²) >= 11 is 6.04. The molecule has 0 saturated heterocycles. The second kappa shape index (κ2) is 9.64. The van der Waals surface area contributed by atoms with Gasteiger partial charge in [0.1, 0.15) is 5.75 Å². The standard InChI is InChI=1S/C24H22ClN3O4S/c1-32-20-11-13-21(14-12-20)33(30,31)27-24(29)28-16-15-22(17-5-3-2-4-6-17)23(26-28)18-7-9-19(25)10-8-18/h2-14,22H,15-16H2,1H3,(H,27,29). The van der Waals surface area contributed by atoms with Gasteiger partial charge >= 0.3 is 6.03 Å². The van der Waals surface area contributed by atoms with Gasteiger partial charge < -0.3 is 4.74 Å². The summed E-state index contributed by atoms with van der Waals surface area (Å²) in [5.41, 5.74) is 2.54. The normalized spacial score (nSPS) is 16.1. The van der Waals surface area contributed by atoms with Gasteiger partial charge in [-0.05, 0) is 53.9 Å². The van der Waals surface area contributed by atoms with E-state index in [1.165, 1.54) is 31.4 Å². The van der Waals surface area contributed by atoms with Crippen LogP contribution in [0.25, 0.3) is 0 Å². The van der Waals surface area contributed by atoms with Gasteiger partial charge in [0.15, 0.2) is 0 Å². The summed E-state index contributed by atoms with van der Waals surface area (Å²) in [6.07, 6.45) is 0.585. The van der Waals surface area contributed by atoms with Crippen molar-refractivity contribution in [1.29, 1.82) is 0 Å². The summed E-state index contributed by atoms with van der Waals surface area (Å²) in [7, 11) is -2.58. The fourth-order valence-electron chi connectivity index (χ4n) is 3.66. The molecule has 0 fully saturated rings. The first-order valence-corrected chi connectivity index (χ1v) is 12.1. The van der Waals surface area contributed by atoms with Crippen LogP contribution >= 0.6 is 11.6 Å². The van der Waals surface area contributed by atoms with Gasteiger partial charge in [0.2, 0.25) is 0 Å². The zero-order valence-corrected chi connectivity index (χ0v) is 19.4. The molecule has 0 aliphatic carbocycles. The van der Waals surface area contributed by atoms with Gasteiger partial charge in [0.25, 0.3) is 10.0 Å². The largest absolute Gasteiger partial charge is 0.497 e. The Balaban J connectivity index is 1.62. The van der Waals surface area contributed by atoms with E-state index in [2.05, 4.69) is 9.82 Å². The molecule has 0 aromatic heterocycles. The van der Waals surface area contributed by atoms with Crippen molar-refractivity contribution in [3.05, 3.63) is 95.0 Å². The molecule has 1 N–H and O–H groups in total. The molecule has 3 aromatic carbocycles. The Morgan fingerprint density at radius 3 is 2.33 bits per heavy atom. The van der Waals surface area contributed by atoms with Crippen molar-refractivity contribution < 1.29 is 17.9 Å². The summed E-state index contributed by atoms with van der Waals surface area (Å²) in [6.45, 7) is 0.265. The summed E-state index contributed by atoms with van der Waals surface area (Å²) < 4.78 is 32.5. The van der Waals surface area contributed by atoms with Crippen LogP contribution in [0.3, 0.4) is 0 Å². The van der Waals surface area contributed by atoms with E-state index >= 15 is 0 Å². The lowest BCUT2D eigenvalue weighted by molar-refractivity contribution is 0.202. The average Bonchev–Trinajstić information content (AvgIpc) is 2.84. The molecule has 1 aliphatic heterocycles. The van der Waals surface area contributed by atoms with E-state index in [0.717, 1.165) is 16.1 Å². The minimum absolute atomic E-state index is 0.0438. The van der Waals surface area contributed by atoms with Crippen LogP contribution < -0.4 is 9.46 Å². The van der Waals surface area contributed by atoms with E-state index < -0.39 is 16.1 Å². The number of carbonyl (C=O) groups excluding carboxylic acids is 1. The van der Waals surface area contributed by atoms with Crippen LogP contribution in [-0.2, 0) is 10.0 Å². The number of hydrogen-bond donors (Lipinski definition) is 1. The van der Waals surface area contributed by atoms with Crippen molar-refractivity contribution in [2.24, 2.45) is 5.10 Å². The van der Waals surface area contributed by atoms with Gasteiger partial charge in [-0.3, -0.25) is 0 Å². The van der Waals surface area contributed by atoms with Gasteiger partial charge in [-0.1, -0.05) is 54.1 Å². The van der Waals surface area contributed by atoms with E-state index in [0.29, 0.717) is 22.9 Å². The summed E-state index contributed by atoms with van der Waals surface area (Å²) in [6, 6.07) is 22.0. The number of hydrogen-bond acceptors (Lipinski definition) is 5. The highest BCUT2D eigenvalue weighted by atomic mass is 35.5. The molecule has 33 heavy (non-hydrogen) atoms. The number of ether oxygens (including phenoxy) is 1. The second-order valence-corrected chi connectivity index (χ2v) is 9.57. The van der Waals surface area contributed by atoms with Gasteiger partial charge in [-0.2, -0.15) is 5.10 Å². The minimum Gasteiger partial charge on any atom is -0.497 e. The maximum absolute atomic E-state index is 12.9. The molecule has 4 rings (SSSR count). The molecule has 170 valence electrons. The second-order valence-electron chi connectivity index (χ2n) is 7.45. The molecule has 1 heterocycles. The number of amides is 2. The number of benzene rings is 3. The minimum atomic E-state index is -4.07. The molecule has 0 saturated carbocycles. The molecule has 0 spiro atoms. The third-order valence-corrected chi connectivity index (χ3v) is 6.94. The highest BCUT2D eigenvalue weighted by Gasteiger charge is 2.30. The molecule has 0 radical (unpaired) electrons. The zero-order chi connectivity index (χ0) is 23.4. The lowest BCUT2D eigenvalue weighted by Crippen LogP contribution is -2.43. The highest BCUT2D eigenvalue weighted by Crippen LogP contribution is 2.30. The zero-order valence-electron chi connectivity index (χ0n) is 17.8. The molecule has 1 aliphatic rings. The summed E-state index contributed by atoms with van der Waals surface area (Å²) in [5.74, 6) is 0.468. The first kappa shape index (κ1) is 22.8. The number of carbonyl (C=O) groups is 1. The van der Waals surface area contributed by atoms with Crippen LogP contribution in [0.5, 0.6) is 5.75 Å². The van der Waals surface area contributed by atoms with Gasteiger partial charge in [0.05, 0.1) is 17.7 Å². The first-order chi connectivity index (χ1) is 15.9. The van der Waals surface area contributed by atoms with Crippen molar-refractivity contribution in [3.8, 4) is 5.75 Å². The molecule has 1 atom stereocenters. The van der Waals surface area contributed by atoms with Gasteiger partial charge in [-0.15, -0.1) is 0 Å². The van der Waals surface area contributed by atoms with Crippen LogP contribution in [0.4, 0.5) is 4.79 Å². The summed E-state index contributed by atoms with van der Waals surface area (Å²) in [5, 5.41) is 6.30. The van der Waals surface area contributed by atoms with Gasteiger partial charge in [-0.25, -0.2) is 22.9 Å². The number of hydrazone groups is 1. The molecule has 9 heteroatoms. The number of sulfonamides is 1. The van der Waals surface area contributed by atoms with Gasteiger partial charge in [0, 0.05) is 17.5 Å². The SMILES string of the molecule is COc1ccc(S(=O)(=O)NC(=O)N2CCC(c3ccccc3)C(c3ccc(Cl)cc3)=N2)cc1. The number of halogens is 1. The summed E-state index contributed by atoms with van der Waals surface area (Å²) in [4.78, 5) is 12.8. The Bertz CT molecular complexity index is 1260. The Hall–Kier alpha value is -3.36. The molecule has 1 unspecified atom stereocenters. The Kier molecular flexibility index (Phi) is 6.67. The van der Waals surface area contributed by atoms with E-state index in [1.807, 2.05) is 42.5 Å². The predicted octanol–water partition coefficient (Wildman–Crippen LogP) is 4.64. The van der Waals surface area contributed by atoms with E-state index in [4.69, 9.17) is 16.3 Å². The number of rotatable bonds is 5. The number of nitrogens with one attached hydrogen (secondary N) is 1. The van der Waals surface area contributed by atoms with E-state index in [-0.39, 0.29) is 17.4 Å². The smallest absolute Gasteiger partial charge is 0.351 e. The molecule has 0 bridgehead atoms. The first-order valence-electron chi connectivity index (χ1n) is 10.2. The molecular formula is C24H22ClN3O4S. The molecule has 7 nitrogen and oxygen atoms in total. The lowest BCUT2D eigenvalue weighted by atomic mass is 9.86. The number of nitrogens with zero attached hydrogens (tertiary/aromatic N) is 2. The predicted molar refractivity (Wildman–Crippen MR) is 127 cm³/mol. The Labute approximate surface area is 197 Å². The van der Waals surface area contributed by atoms with Crippen molar-refractivity contribution in [2.75, 3.05) is 13.7 Å². The van der Waals surface area contributed by atoms with Crippen LogP contribution in [0.15, 0.2) is 88.9 Å².